The molecule has 2 atom stereocenters. The summed E-state index contributed by atoms with van der Waals surface area (Å²) in [5.74, 6) is 0.781. The number of benzene rings is 1. The molecule has 1 amide bonds. The van der Waals surface area contributed by atoms with Crippen LogP contribution in [0.15, 0.2) is 29.0 Å². The lowest BCUT2D eigenvalue weighted by molar-refractivity contribution is 0.00840. The van der Waals surface area contributed by atoms with Crippen molar-refractivity contribution in [1.82, 2.24) is 20.2 Å². The van der Waals surface area contributed by atoms with E-state index in [2.05, 4.69) is 54.3 Å². The second-order valence-electron chi connectivity index (χ2n) is 9.47. The summed E-state index contributed by atoms with van der Waals surface area (Å²) in [6, 6.07) is 6.49. The maximum absolute atomic E-state index is 14.1. The van der Waals surface area contributed by atoms with Crippen molar-refractivity contribution in [2.75, 3.05) is 37.7 Å². The number of halogens is 2. The van der Waals surface area contributed by atoms with E-state index in [-0.39, 0.29) is 24.6 Å². The second kappa shape index (κ2) is 10.3. The van der Waals surface area contributed by atoms with Crippen molar-refractivity contribution in [3.05, 3.63) is 51.4 Å². The smallest absolute Gasteiger partial charge is 0.272 e. The number of nitrogens with zero attached hydrogens (tertiary/aromatic N) is 4. The molecule has 9 heteroatoms. The predicted molar refractivity (Wildman–Crippen MR) is 132 cm³/mol. The lowest BCUT2D eigenvalue weighted by atomic mass is 9.99. The Kier molecular flexibility index (Phi) is 7.13. The molecule has 0 bridgehead atoms. The third-order valence-corrected chi connectivity index (χ3v) is 7.75. The van der Waals surface area contributed by atoms with E-state index in [9.17, 15) is 9.18 Å². The van der Waals surface area contributed by atoms with E-state index in [1.54, 1.807) is 0 Å². The highest BCUT2D eigenvalue weighted by Gasteiger charge is 2.31. The molecule has 1 N–H and O–H groups in total. The lowest BCUT2D eigenvalue weighted by Gasteiger charge is -2.36. The van der Waals surface area contributed by atoms with Crippen molar-refractivity contribution in [2.24, 2.45) is 0 Å². The highest BCUT2D eigenvalue weighted by molar-refractivity contribution is 9.10. The van der Waals surface area contributed by atoms with Gasteiger partial charge in [0.1, 0.15) is 24.0 Å². The van der Waals surface area contributed by atoms with E-state index in [4.69, 9.17) is 4.74 Å². The molecule has 0 saturated carbocycles. The number of piperidine rings is 1. The summed E-state index contributed by atoms with van der Waals surface area (Å²) in [5.41, 5.74) is 3.94. The Balaban J connectivity index is 1.23. The number of rotatable bonds is 4. The Morgan fingerprint density at radius 1 is 1.18 bits per heavy atom. The monoisotopic (exact) mass is 531 g/mol. The summed E-state index contributed by atoms with van der Waals surface area (Å²) in [7, 11) is 0. The molecule has 1 aromatic heterocycles. The number of fused-ring (bicyclic) bond motifs is 1. The van der Waals surface area contributed by atoms with Gasteiger partial charge in [-0.15, -0.1) is 0 Å². The van der Waals surface area contributed by atoms with Crippen LogP contribution in [0, 0.1) is 6.92 Å². The molecule has 2 aromatic rings. The van der Waals surface area contributed by atoms with Crippen LogP contribution in [0.2, 0.25) is 0 Å². The number of hydrogen-bond acceptors (Lipinski definition) is 6. The molecule has 0 aliphatic carbocycles. The summed E-state index contributed by atoms with van der Waals surface area (Å²) in [6.45, 7) is 5.62. The minimum Gasteiger partial charge on any atom is -0.378 e. The van der Waals surface area contributed by atoms with E-state index >= 15 is 0 Å². The molecule has 7 nitrogen and oxygen atoms in total. The maximum atomic E-state index is 14.1. The average Bonchev–Trinajstić information content (AvgIpc) is 2.85. The minimum absolute atomic E-state index is 0.0470. The SMILES string of the molecule is Cc1c(C(=O)N2CCC(N[C@H]3CCOC[C@H]3F)CC2)ncnc1N1CCc2ccc(Br)cc2C1. The Bertz CT molecular complexity index is 1050. The zero-order valence-corrected chi connectivity index (χ0v) is 21.1. The van der Waals surface area contributed by atoms with E-state index in [0.29, 0.717) is 31.8 Å². The number of ether oxygens (including phenoxy) is 1. The zero-order valence-electron chi connectivity index (χ0n) is 19.5. The van der Waals surface area contributed by atoms with Gasteiger partial charge in [0, 0.05) is 54.9 Å². The number of nitrogens with one attached hydrogen (secondary N) is 1. The molecule has 2 saturated heterocycles. The molecular weight excluding hydrogens is 501 g/mol. The average molecular weight is 532 g/mol. The van der Waals surface area contributed by atoms with Crippen LogP contribution in [0.25, 0.3) is 0 Å². The van der Waals surface area contributed by atoms with E-state index in [0.717, 1.165) is 48.2 Å². The van der Waals surface area contributed by atoms with E-state index < -0.39 is 6.17 Å². The fraction of sp³-hybridized carbons (Fsp3) is 0.560. The molecule has 1 aromatic carbocycles. The third-order valence-electron chi connectivity index (χ3n) is 7.26. The molecule has 0 radical (unpaired) electrons. The number of alkyl halides is 1. The van der Waals surface area contributed by atoms with Crippen LogP contribution >= 0.6 is 15.9 Å². The van der Waals surface area contributed by atoms with Crippen LogP contribution in [0.5, 0.6) is 0 Å². The molecule has 0 spiro atoms. The van der Waals surface area contributed by atoms with Crippen molar-refractivity contribution in [2.45, 2.75) is 57.4 Å². The van der Waals surface area contributed by atoms with Gasteiger partial charge in [0.05, 0.1) is 6.61 Å². The highest BCUT2D eigenvalue weighted by atomic mass is 79.9. The number of carbonyl (C=O) groups is 1. The Morgan fingerprint density at radius 3 is 2.79 bits per heavy atom. The molecular formula is C25H31BrFN5O2. The Morgan fingerprint density at radius 2 is 2.00 bits per heavy atom. The van der Waals surface area contributed by atoms with Gasteiger partial charge in [-0.25, -0.2) is 14.4 Å². The first-order valence-corrected chi connectivity index (χ1v) is 12.9. The quantitative estimate of drug-likeness (QED) is 0.651. The predicted octanol–water partition coefficient (Wildman–Crippen LogP) is 3.43. The normalized spacial score (nSPS) is 23.6. The van der Waals surface area contributed by atoms with Gasteiger partial charge in [0.15, 0.2) is 0 Å². The Labute approximate surface area is 208 Å². The number of hydrogen-bond donors (Lipinski definition) is 1. The minimum atomic E-state index is -0.960. The lowest BCUT2D eigenvalue weighted by Crippen LogP contribution is -2.52. The molecule has 3 aliphatic rings. The molecule has 34 heavy (non-hydrogen) atoms. The van der Waals surface area contributed by atoms with Crippen molar-refractivity contribution < 1.29 is 13.9 Å². The van der Waals surface area contributed by atoms with Gasteiger partial charge >= 0.3 is 0 Å². The molecule has 3 aliphatic heterocycles. The number of anilines is 1. The first-order valence-electron chi connectivity index (χ1n) is 12.1. The first kappa shape index (κ1) is 23.6. The number of carbonyl (C=O) groups excluding carboxylic acids is 1. The molecule has 182 valence electrons. The summed E-state index contributed by atoms with van der Waals surface area (Å²) in [4.78, 5) is 26.4. The van der Waals surface area contributed by atoms with Crippen LogP contribution in [-0.4, -0.2) is 71.9 Å². The van der Waals surface area contributed by atoms with Gasteiger partial charge < -0.3 is 19.9 Å². The second-order valence-corrected chi connectivity index (χ2v) is 10.4. The first-order chi connectivity index (χ1) is 16.5. The van der Waals surface area contributed by atoms with Crippen LogP contribution in [0.4, 0.5) is 10.2 Å². The van der Waals surface area contributed by atoms with Gasteiger partial charge in [0.2, 0.25) is 0 Å². The molecule has 2 fully saturated rings. The van der Waals surface area contributed by atoms with E-state index in [1.165, 1.54) is 17.5 Å². The van der Waals surface area contributed by atoms with Crippen LogP contribution in [0.3, 0.4) is 0 Å². The molecule has 0 unspecified atom stereocenters. The van der Waals surface area contributed by atoms with Crippen LogP contribution in [0.1, 0.15) is 46.4 Å². The van der Waals surface area contributed by atoms with Gasteiger partial charge in [-0.05, 0) is 55.9 Å². The molecule has 4 heterocycles. The fourth-order valence-corrected chi connectivity index (χ4v) is 5.68. The van der Waals surface area contributed by atoms with Crippen molar-refractivity contribution in [1.29, 1.82) is 0 Å². The summed E-state index contributed by atoms with van der Waals surface area (Å²) in [5, 5.41) is 3.45. The topological polar surface area (TPSA) is 70.6 Å². The highest BCUT2D eigenvalue weighted by Crippen LogP contribution is 2.29. The third kappa shape index (κ3) is 4.97. The summed E-state index contributed by atoms with van der Waals surface area (Å²) < 4.78 is 20.4. The van der Waals surface area contributed by atoms with Gasteiger partial charge in [0.25, 0.3) is 5.91 Å². The van der Waals surface area contributed by atoms with Gasteiger partial charge in [-0.1, -0.05) is 22.0 Å². The van der Waals surface area contributed by atoms with Gasteiger partial charge in [-0.3, -0.25) is 4.79 Å². The van der Waals surface area contributed by atoms with Crippen molar-refractivity contribution in [3.8, 4) is 0 Å². The van der Waals surface area contributed by atoms with Crippen LogP contribution < -0.4 is 10.2 Å². The standard InChI is InChI=1S/C25H31BrFN5O2/c1-16-23(25(33)31-9-5-20(6-10-31)30-22-7-11-34-14-21(22)27)28-15-29-24(16)32-8-4-17-2-3-19(26)12-18(17)13-32/h2-3,12,15,20-22,30H,4-11,13-14H2,1H3/t21-,22+/m1/s1. The number of amides is 1. The summed E-state index contributed by atoms with van der Waals surface area (Å²) in [6.07, 6.45) is 3.81. The van der Waals surface area contributed by atoms with E-state index in [1.807, 2.05) is 11.8 Å². The van der Waals surface area contributed by atoms with Crippen molar-refractivity contribution >= 4 is 27.7 Å². The largest absolute Gasteiger partial charge is 0.378 e. The zero-order chi connectivity index (χ0) is 23.7. The molecule has 5 rings (SSSR count). The fourth-order valence-electron chi connectivity index (χ4n) is 5.27. The number of aromatic nitrogens is 2. The van der Waals surface area contributed by atoms with Gasteiger partial charge in [-0.2, -0.15) is 0 Å². The maximum Gasteiger partial charge on any atom is 0.272 e. The van der Waals surface area contributed by atoms with Crippen LogP contribution in [-0.2, 0) is 17.7 Å². The summed E-state index contributed by atoms with van der Waals surface area (Å²) >= 11 is 3.57. The number of likely N-dealkylation sites (tertiary alicyclic amines) is 1. The Hall–Kier alpha value is -2.10. The van der Waals surface area contributed by atoms with Crippen molar-refractivity contribution in [3.63, 3.8) is 0 Å².